The van der Waals surface area contributed by atoms with E-state index in [1.54, 1.807) is 0 Å². The molecule has 2 rings (SSSR count). The standard InChI is InChI=1S/C10H8Br2S/c1-2-6-5-7-8(11)3-4-9(12)10(7)13-6/h3-5H,2H2,1H3. The number of benzene rings is 1. The lowest BCUT2D eigenvalue weighted by Crippen LogP contribution is -1.68. The number of fused-ring (bicyclic) bond motifs is 1. The molecule has 13 heavy (non-hydrogen) atoms. The van der Waals surface area contributed by atoms with Crippen molar-refractivity contribution in [2.75, 3.05) is 0 Å². The zero-order valence-corrected chi connectivity index (χ0v) is 11.1. The average Bonchev–Trinajstić information content (AvgIpc) is 2.56. The molecule has 0 saturated heterocycles. The fraction of sp³-hybridized carbons (Fsp3) is 0.200. The van der Waals surface area contributed by atoms with Crippen molar-refractivity contribution in [1.29, 1.82) is 0 Å². The zero-order chi connectivity index (χ0) is 9.42. The Morgan fingerprint density at radius 3 is 2.54 bits per heavy atom. The smallest absolute Gasteiger partial charge is 0.0499 e. The molecule has 0 spiro atoms. The molecule has 0 unspecified atom stereocenters. The van der Waals surface area contributed by atoms with Gasteiger partial charge in [-0.25, -0.2) is 0 Å². The van der Waals surface area contributed by atoms with Gasteiger partial charge in [0.1, 0.15) is 0 Å². The van der Waals surface area contributed by atoms with Crippen molar-refractivity contribution in [1.82, 2.24) is 0 Å². The van der Waals surface area contributed by atoms with Crippen LogP contribution in [-0.4, -0.2) is 0 Å². The molecular formula is C10H8Br2S. The average molecular weight is 320 g/mol. The minimum Gasteiger partial charge on any atom is -0.139 e. The highest BCUT2D eigenvalue weighted by molar-refractivity contribution is 9.11. The van der Waals surface area contributed by atoms with Crippen LogP contribution in [0.1, 0.15) is 11.8 Å². The van der Waals surface area contributed by atoms with Gasteiger partial charge in [-0.1, -0.05) is 22.9 Å². The van der Waals surface area contributed by atoms with Gasteiger partial charge in [-0.3, -0.25) is 0 Å². The van der Waals surface area contributed by atoms with Gasteiger partial charge in [-0.05, 0) is 40.5 Å². The van der Waals surface area contributed by atoms with Crippen molar-refractivity contribution in [3.05, 3.63) is 32.0 Å². The van der Waals surface area contributed by atoms with Gasteiger partial charge in [0.2, 0.25) is 0 Å². The van der Waals surface area contributed by atoms with E-state index in [1.165, 1.54) is 23.9 Å². The van der Waals surface area contributed by atoms with Crippen LogP contribution in [-0.2, 0) is 6.42 Å². The topological polar surface area (TPSA) is 0 Å². The number of aryl methyl sites for hydroxylation is 1. The second-order valence-corrected chi connectivity index (χ2v) is 5.68. The molecule has 0 aliphatic heterocycles. The van der Waals surface area contributed by atoms with Crippen molar-refractivity contribution >= 4 is 53.3 Å². The SMILES string of the molecule is CCc1cc2c(Br)ccc(Br)c2s1. The van der Waals surface area contributed by atoms with Crippen LogP contribution in [0.15, 0.2) is 27.1 Å². The maximum Gasteiger partial charge on any atom is 0.0499 e. The van der Waals surface area contributed by atoms with Crippen molar-refractivity contribution in [2.24, 2.45) is 0 Å². The summed E-state index contributed by atoms with van der Waals surface area (Å²) in [5.41, 5.74) is 0. The molecule has 0 atom stereocenters. The Balaban J connectivity index is 2.80. The quantitative estimate of drug-likeness (QED) is 0.694. The minimum atomic E-state index is 1.11. The number of thiophene rings is 1. The molecule has 0 N–H and O–H groups in total. The Labute approximate surface area is 98.2 Å². The Hall–Kier alpha value is 0.140. The van der Waals surface area contributed by atoms with Crippen molar-refractivity contribution in [2.45, 2.75) is 13.3 Å². The third kappa shape index (κ3) is 1.69. The molecule has 0 radical (unpaired) electrons. The lowest BCUT2D eigenvalue weighted by atomic mass is 10.2. The van der Waals surface area contributed by atoms with Crippen molar-refractivity contribution < 1.29 is 0 Å². The van der Waals surface area contributed by atoms with E-state index >= 15 is 0 Å². The first-order chi connectivity index (χ1) is 6.22. The summed E-state index contributed by atoms with van der Waals surface area (Å²) in [6, 6.07) is 6.43. The second-order valence-electron chi connectivity index (χ2n) is 2.84. The Bertz CT molecular complexity index is 406. The van der Waals surface area contributed by atoms with E-state index in [4.69, 9.17) is 0 Å². The van der Waals surface area contributed by atoms with E-state index in [0.717, 1.165) is 6.42 Å². The zero-order valence-electron chi connectivity index (χ0n) is 7.10. The maximum atomic E-state index is 3.56. The molecule has 0 aliphatic carbocycles. The largest absolute Gasteiger partial charge is 0.139 e. The summed E-state index contributed by atoms with van der Waals surface area (Å²) in [7, 11) is 0. The number of hydrogen-bond donors (Lipinski definition) is 0. The van der Waals surface area contributed by atoms with E-state index in [-0.39, 0.29) is 0 Å². The third-order valence-corrected chi connectivity index (χ3v) is 4.91. The molecule has 1 aromatic heterocycles. The van der Waals surface area contributed by atoms with Crippen LogP contribution in [0.5, 0.6) is 0 Å². The van der Waals surface area contributed by atoms with Gasteiger partial charge < -0.3 is 0 Å². The fourth-order valence-electron chi connectivity index (χ4n) is 1.28. The molecule has 0 fully saturated rings. The van der Waals surface area contributed by atoms with Gasteiger partial charge in [0, 0.05) is 23.9 Å². The first-order valence-electron chi connectivity index (χ1n) is 4.08. The molecule has 68 valence electrons. The summed E-state index contributed by atoms with van der Waals surface area (Å²) in [5, 5.41) is 1.32. The summed E-state index contributed by atoms with van der Waals surface area (Å²) in [5.74, 6) is 0. The van der Waals surface area contributed by atoms with E-state index in [1.807, 2.05) is 11.3 Å². The minimum absolute atomic E-state index is 1.11. The number of hydrogen-bond acceptors (Lipinski definition) is 1. The van der Waals surface area contributed by atoms with Crippen molar-refractivity contribution in [3.63, 3.8) is 0 Å². The second kappa shape index (κ2) is 3.71. The molecule has 1 heterocycles. The summed E-state index contributed by atoms with van der Waals surface area (Å²) >= 11 is 8.98. The molecule has 1 aromatic carbocycles. The van der Waals surface area contributed by atoms with Gasteiger partial charge in [0.25, 0.3) is 0 Å². The molecular weight excluding hydrogens is 312 g/mol. The van der Waals surface area contributed by atoms with Crippen LogP contribution in [0.25, 0.3) is 10.1 Å². The predicted octanol–water partition coefficient (Wildman–Crippen LogP) is 4.99. The molecule has 0 bridgehead atoms. The molecule has 0 aliphatic rings. The van der Waals surface area contributed by atoms with Crippen LogP contribution in [0.3, 0.4) is 0 Å². The summed E-state index contributed by atoms with van der Waals surface area (Å²) < 4.78 is 3.71. The Kier molecular flexibility index (Phi) is 2.77. The van der Waals surface area contributed by atoms with Gasteiger partial charge in [-0.2, -0.15) is 0 Å². The molecule has 0 saturated carbocycles. The highest BCUT2D eigenvalue weighted by atomic mass is 79.9. The molecule has 3 heteroatoms. The normalized spacial score (nSPS) is 11.0. The Morgan fingerprint density at radius 1 is 1.23 bits per heavy atom. The van der Waals surface area contributed by atoms with Crippen LogP contribution in [0.2, 0.25) is 0 Å². The number of halogens is 2. The van der Waals surface area contributed by atoms with Gasteiger partial charge in [0.15, 0.2) is 0 Å². The molecule has 0 amide bonds. The highest BCUT2D eigenvalue weighted by Crippen LogP contribution is 2.36. The maximum absolute atomic E-state index is 3.56. The first-order valence-corrected chi connectivity index (χ1v) is 6.49. The highest BCUT2D eigenvalue weighted by Gasteiger charge is 2.06. The van der Waals surface area contributed by atoms with Crippen LogP contribution in [0.4, 0.5) is 0 Å². The first kappa shape index (κ1) is 9.69. The summed E-state index contributed by atoms with van der Waals surface area (Å²) in [4.78, 5) is 1.43. The Morgan fingerprint density at radius 2 is 1.92 bits per heavy atom. The van der Waals surface area contributed by atoms with Gasteiger partial charge >= 0.3 is 0 Å². The van der Waals surface area contributed by atoms with Gasteiger partial charge in [-0.15, -0.1) is 11.3 Å². The summed E-state index contributed by atoms with van der Waals surface area (Å²) in [6.45, 7) is 2.19. The monoisotopic (exact) mass is 318 g/mol. The van der Waals surface area contributed by atoms with Crippen molar-refractivity contribution in [3.8, 4) is 0 Å². The summed E-state index contributed by atoms with van der Waals surface area (Å²) in [6.07, 6.45) is 1.11. The number of rotatable bonds is 1. The van der Waals surface area contributed by atoms with E-state index < -0.39 is 0 Å². The molecule has 0 nitrogen and oxygen atoms in total. The van der Waals surface area contributed by atoms with Crippen LogP contribution >= 0.6 is 43.2 Å². The fourth-order valence-corrected chi connectivity index (χ4v) is 3.48. The molecule has 2 aromatic rings. The van der Waals surface area contributed by atoms with E-state index in [0.29, 0.717) is 0 Å². The van der Waals surface area contributed by atoms with E-state index in [9.17, 15) is 0 Å². The van der Waals surface area contributed by atoms with E-state index in [2.05, 4.69) is 57.0 Å². The third-order valence-electron chi connectivity index (χ3n) is 1.98. The van der Waals surface area contributed by atoms with Crippen LogP contribution in [0, 0.1) is 0 Å². The predicted molar refractivity (Wildman–Crippen MR) is 66.6 cm³/mol. The van der Waals surface area contributed by atoms with Gasteiger partial charge in [0.05, 0.1) is 0 Å². The lowest BCUT2D eigenvalue weighted by molar-refractivity contribution is 1.19. The van der Waals surface area contributed by atoms with Crippen LogP contribution < -0.4 is 0 Å². The lowest BCUT2D eigenvalue weighted by Gasteiger charge is -1.94.